The van der Waals surface area contributed by atoms with Gasteiger partial charge in [-0.2, -0.15) is 0 Å². The largest absolute Gasteiger partial charge is 0.309 e. The van der Waals surface area contributed by atoms with Crippen LogP contribution in [-0.2, 0) is 16.6 Å². The number of sulfonamides is 1. The minimum absolute atomic E-state index is 0.403. The lowest BCUT2D eigenvalue weighted by Crippen LogP contribution is -2.17. The maximum atomic E-state index is 11.6. The van der Waals surface area contributed by atoms with Gasteiger partial charge in [-0.1, -0.05) is 0 Å². The van der Waals surface area contributed by atoms with Gasteiger partial charge in [-0.25, -0.2) is 13.1 Å². The molecule has 2 N–H and O–H groups in total. The second-order valence-corrected chi connectivity index (χ2v) is 7.28. The predicted octanol–water partition coefficient (Wildman–Crippen LogP) is 1.22. The van der Waals surface area contributed by atoms with Gasteiger partial charge in [0, 0.05) is 17.5 Å². The fraction of sp³-hybridized carbons (Fsp3) is 0.600. The molecule has 6 heteroatoms. The van der Waals surface area contributed by atoms with Crippen LogP contribution < -0.4 is 10.0 Å². The minimum Gasteiger partial charge on any atom is -0.309 e. The molecule has 0 saturated heterocycles. The van der Waals surface area contributed by atoms with Gasteiger partial charge in [-0.3, -0.25) is 0 Å². The fourth-order valence-electron chi connectivity index (χ4n) is 1.42. The molecular weight excluding hydrogens is 244 g/mol. The highest BCUT2D eigenvalue weighted by Gasteiger charge is 2.22. The van der Waals surface area contributed by atoms with E-state index in [2.05, 4.69) is 10.0 Å². The number of nitrogens with one attached hydrogen (secondary N) is 2. The van der Waals surface area contributed by atoms with Crippen LogP contribution in [0.5, 0.6) is 0 Å². The van der Waals surface area contributed by atoms with E-state index in [0.29, 0.717) is 10.3 Å². The Bertz CT molecular complexity index is 475. The van der Waals surface area contributed by atoms with Gasteiger partial charge < -0.3 is 5.32 Å². The highest BCUT2D eigenvalue weighted by Crippen LogP contribution is 2.27. The molecule has 0 radical (unpaired) electrons. The maximum Gasteiger partial charge on any atom is 0.249 e. The summed E-state index contributed by atoms with van der Waals surface area (Å²) in [4.78, 5) is 1.11. The molecule has 16 heavy (non-hydrogen) atoms. The van der Waals surface area contributed by atoms with E-state index in [9.17, 15) is 8.42 Å². The van der Waals surface area contributed by atoms with Crippen molar-refractivity contribution in [3.8, 4) is 0 Å². The molecular formula is C10H16N2O2S2. The predicted molar refractivity (Wildman–Crippen MR) is 65.2 cm³/mol. The van der Waals surface area contributed by atoms with Crippen LogP contribution in [0.1, 0.15) is 23.3 Å². The smallest absolute Gasteiger partial charge is 0.249 e. The van der Waals surface area contributed by atoms with E-state index in [1.807, 2.05) is 6.92 Å². The van der Waals surface area contributed by atoms with Gasteiger partial charge in [0.15, 0.2) is 0 Å². The van der Waals surface area contributed by atoms with Crippen molar-refractivity contribution in [1.82, 2.24) is 10.0 Å². The highest BCUT2D eigenvalue weighted by molar-refractivity contribution is 7.91. The third-order valence-corrected chi connectivity index (χ3v) is 5.79. The van der Waals surface area contributed by atoms with Crippen molar-refractivity contribution in [2.75, 3.05) is 7.05 Å². The zero-order valence-electron chi connectivity index (χ0n) is 9.41. The molecule has 90 valence electrons. The Kier molecular flexibility index (Phi) is 3.34. The molecule has 1 aliphatic rings. The minimum atomic E-state index is -3.28. The summed E-state index contributed by atoms with van der Waals surface area (Å²) in [5.41, 5.74) is 1.05. The first-order valence-electron chi connectivity index (χ1n) is 5.29. The summed E-state index contributed by atoms with van der Waals surface area (Å²) in [5.74, 6) is 0. The Morgan fingerprint density at radius 3 is 2.75 bits per heavy atom. The average molecular weight is 260 g/mol. The van der Waals surface area contributed by atoms with E-state index in [4.69, 9.17) is 0 Å². The second-order valence-electron chi connectivity index (χ2n) is 4.03. The van der Waals surface area contributed by atoms with Crippen LogP contribution in [-0.4, -0.2) is 21.5 Å². The van der Waals surface area contributed by atoms with Crippen molar-refractivity contribution in [2.24, 2.45) is 0 Å². The first-order chi connectivity index (χ1) is 7.53. The molecule has 0 aromatic carbocycles. The molecule has 0 atom stereocenters. The SMILES string of the molecule is CNS(=O)(=O)c1cc(C)c(CNC2CC2)s1. The van der Waals surface area contributed by atoms with Gasteiger partial charge in [0.2, 0.25) is 10.0 Å². The number of thiophene rings is 1. The molecule has 0 aliphatic heterocycles. The zero-order chi connectivity index (χ0) is 11.8. The quantitative estimate of drug-likeness (QED) is 0.837. The van der Waals surface area contributed by atoms with Crippen LogP contribution in [0.3, 0.4) is 0 Å². The number of hydrogen-bond acceptors (Lipinski definition) is 4. The Balaban J connectivity index is 2.14. The van der Waals surface area contributed by atoms with Crippen molar-refractivity contribution >= 4 is 21.4 Å². The molecule has 0 bridgehead atoms. The molecule has 0 unspecified atom stereocenters. The van der Waals surface area contributed by atoms with E-state index >= 15 is 0 Å². The van der Waals surface area contributed by atoms with E-state index in [0.717, 1.165) is 17.0 Å². The lowest BCUT2D eigenvalue weighted by Gasteiger charge is -2.00. The standard InChI is InChI=1S/C10H16N2O2S2/c1-7-5-10(16(13,14)11-2)15-9(7)6-12-8-3-4-8/h5,8,11-12H,3-4,6H2,1-2H3. The van der Waals surface area contributed by atoms with Crippen molar-refractivity contribution < 1.29 is 8.42 Å². The Labute approximate surface area is 100 Å². The van der Waals surface area contributed by atoms with Gasteiger partial charge in [-0.15, -0.1) is 11.3 Å². The van der Waals surface area contributed by atoms with Crippen LogP contribution in [0.2, 0.25) is 0 Å². The molecule has 0 amide bonds. The third kappa shape index (κ3) is 2.63. The summed E-state index contributed by atoms with van der Waals surface area (Å²) in [7, 11) is -1.85. The van der Waals surface area contributed by atoms with Crippen molar-refractivity contribution in [3.05, 3.63) is 16.5 Å². The van der Waals surface area contributed by atoms with Gasteiger partial charge in [0.25, 0.3) is 0 Å². The monoisotopic (exact) mass is 260 g/mol. The molecule has 1 fully saturated rings. The Hall–Kier alpha value is -0.430. The fourth-order valence-corrected chi connectivity index (χ4v) is 3.80. The van der Waals surface area contributed by atoms with E-state index < -0.39 is 10.0 Å². The average Bonchev–Trinajstić information content (AvgIpc) is 2.99. The summed E-state index contributed by atoms with van der Waals surface area (Å²) in [6.45, 7) is 2.73. The maximum absolute atomic E-state index is 11.6. The van der Waals surface area contributed by atoms with Crippen LogP contribution in [0.4, 0.5) is 0 Å². The highest BCUT2D eigenvalue weighted by atomic mass is 32.2. The first-order valence-corrected chi connectivity index (χ1v) is 7.59. The Morgan fingerprint density at radius 1 is 1.50 bits per heavy atom. The molecule has 1 aliphatic carbocycles. The van der Waals surface area contributed by atoms with Crippen molar-refractivity contribution in [3.63, 3.8) is 0 Å². The van der Waals surface area contributed by atoms with E-state index in [-0.39, 0.29) is 0 Å². The zero-order valence-corrected chi connectivity index (χ0v) is 11.0. The molecule has 4 nitrogen and oxygen atoms in total. The lowest BCUT2D eigenvalue weighted by atomic mass is 10.3. The van der Waals surface area contributed by atoms with Crippen LogP contribution in [0.25, 0.3) is 0 Å². The Morgan fingerprint density at radius 2 is 2.19 bits per heavy atom. The lowest BCUT2D eigenvalue weighted by molar-refractivity contribution is 0.590. The van der Waals surface area contributed by atoms with Crippen LogP contribution in [0, 0.1) is 6.92 Å². The summed E-state index contributed by atoms with van der Waals surface area (Å²) >= 11 is 1.35. The number of aryl methyl sites for hydroxylation is 1. The van der Waals surface area contributed by atoms with Crippen LogP contribution in [0.15, 0.2) is 10.3 Å². The molecule has 1 aromatic heterocycles. The van der Waals surface area contributed by atoms with Gasteiger partial charge in [-0.05, 0) is 38.4 Å². The van der Waals surface area contributed by atoms with Crippen molar-refractivity contribution in [2.45, 2.75) is 36.6 Å². The van der Waals surface area contributed by atoms with Gasteiger partial charge in [0.05, 0.1) is 0 Å². The second kappa shape index (κ2) is 4.44. The molecule has 1 heterocycles. The summed E-state index contributed by atoms with van der Waals surface area (Å²) < 4.78 is 25.9. The first kappa shape index (κ1) is 12.0. The molecule has 2 rings (SSSR count). The summed E-state index contributed by atoms with van der Waals surface area (Å²) in [5, 5.41) is 3.39. The number of hydrogen-bond donors (Lipinski definition) is 2. The van der Waals surface area contributed by atoms with Crippen molar-refractivity contribution in [1.29, 1.82) is 0 Å². The van der Waals surface area contributed by atoms with E-state index in [1.54, 1.807) is 6.07 Å². The molecule has 0 spiro atoms. The molecule has 1 aromatic rings. The van der Waals surface area contributed by atoms with Crippen LogP contribution >= 0.6 is 11.3 Å². The van der Waals surface area contributed by atoms with Gasteiger partial charge in [0.1, 0.15) is 4.21 Å². The summed E-state index contributed by atoms with van der Waals surface area (Å²) in [6.07, 6.45) is 2.48. The van der Waals surface area contributed by atoms with E-state index in [1.165, 1.54) is 31.2 Å². The molecule has 1 saturated carbocycles. The topological polar surface area (TPSA) is 58.2 Å². The normalized spacial score (nSPS) is 16.6. The van der Waals surface area contributed by atoms with Gasteiger partial charge >= 0.3 is 0 Å². The number of rotatable bonds is 5. The summed E-state index contributed by atoms with van der Waals surface area (Å²) in [6, 6.07) is 2.38. The third-order valence-electron chi connectivity index (χ3n) is 2.66.